The van der Waals surface area contributed by atoms with E-state index in [1.54, 1.807) is 10.5 Å². The summed E-state index contributed by atoms with van der Waals surface area (Å²) in [6, 6.07) is 49.8. The molecule has 0 aromatic heterocycles. The lowest BCUT2D eigenvalue weighted by Gasteiger charge is -2.54. The Kier molecular flexibility index (Phi) is 10.0. The molecule has 5 atom stereocenters. The lowest BCUT2D eigenvalue weighted by Crippen LogP contribution is -2.64. The van der Waals surface area contributed by atoms with Crippen LogP contribution >= 0.6 is 10.0 Å². The molecule has 360 valence electrons. The van der Waals surface area contributed by atoms with Gasteiger partial charge in [-0.15, -0.1) is 0 Å². The highest BCUT2D eigenvalue weighted by Crippen LogP contribution is 2.71. The Morgan fingerprint density at radius 2 is 1.20 bits per heavy atom. The van der Waals surface area contributed by atoms with Crippen molar-refractivity contribution in [2.45, 2.75) is 140 Å². The third-order valence-electron chi connectivity index (χ3n) is 20.5. The van der Waals surface area contributed by atoms with Crippen LogP contribution in [0.25, 0.3) is 22.3 Å². The Hall–Kier alpha value is -5.57. The maximum Gasteiger partial charge on any atom is 0.252 e. The van der Waals surface area contributed by atoms with Gasteiger partial charge in [-0.1, -0.05) is 157 Å². The minimum Gasteiger partial charge on any atom is -0.335 e. The molecule has 3 aliphatic carbocycles. The Morgan fingerprint density at radius 1 is 0.563 bits per heavy atom. The monoisotopic (exact) mass is 950 g/mol. The molecular formula is C66H72BN3S. The summed E-state index contributed by atoms with van der Waals surface area (Å²) in [5, 5.41) is 0. The number of hydrogen-bond acceptors (Lipinski definition) is 3. The normalized spacial score (nSPS) is 27.8. The van der Waals surface area contributed by atoms with Crippen LogP contribution in [0.15, 0.2) is 155 Å². The topological polar surface area (TPSA) is 9.72 Å². The lowest BCUT2D eigenvalue weighted by molar-refractivity contribution is 0.0269. The molecular weight excluding hydrogens is 878 g/mol. The van der Waals surface area contributed by atoms with E-state index in [-0.39, 0.29) is 34.0 Å². The summed E-state index contributed by atoms with van der Waals surface area (Å²) in [4.78, 5) is 10.1. The second-order valence-electron chi connectivity index (χ2n) is 24.2. The van der Waals surface area contributed by atoms with E-state index in [4.69, 9.17) is 0 Å². The molecule has 13 rings (SSSR count). The van der Waals surface area contributed by atoms with Crippen molar-refractivity contribution in [3.8, 4) is 22.3 Å². The van der Waals surface area contributed by atoms with Gasteiger partial charge in [-0.25, -0.2) is 10.0 Å². The zero-order valence-corrected chi connectivity index (χ0v) is 44.8. The molecule has 0 N–H and O–H groups in total. The molecule has 3 fully saturated rings. The van der Waals surface area contributed by atoms with E-state index in [0.29, 0.717) is 0 Å². The van der Waals surface area contributed by atoms with Gasteiger partial charge in [0.1, 0.15) is 0 Å². The maximum absolute atomic E-state index is 3.99. The van der Waals surface area contributed by atoms with Gasteiger partial charge in [0, 0.05) is 55.9 Å². The van der Waals surface area contributed by atoms with Crippen molar-refractivity contribution < 1.29 is 0 Å². The van der Waals surface area contributed by atoms with Crippen LogP contribution in [0.5, 0.6) is 0 Å². The molecule has 0 bridgehead atoms. The Balaban J connectivity index is 1.15. The SMILES string of the molecule is CCCS(C)(C)c1cc2c3c(c1)C1(C)CCCCC1(C)N3c1cc(N3C4=C=C=C(CC)CC4(C)C4(C)CCCCC34C)cc3c1B2c1cc(-c2ccccc2)ccc1N3c1ccc(-c2ccccc2)cc1. The van der Waals surface area contributed by atoms with Crippen LogP contribution in [0, 0.1) is 10.8 Å². The highest BCUT2D eigenvalue weighted by atomic mass is 32.3. The minimum atomic E-state index is -1.07. The first-order valence-corrected chi connectivity index (χ1v) is 29.9. The zero-order chi connectivity index (χ0) is 48.9. The van der Waals surface area contributed by atoms with Crippen LogP contribution in [-0.2, 0) is 5.41 Å². The van der Waals surface area contributed by atoms with Crippen molar-refractivity contribution in [1.29, 1.82) is 0 Å². The molecule has 5 heteroatoms. The fourth-order valence-electron chi connectivity index (χ4n) is 16.1. The maximum atomic E-state index is 3.99. The minimum absolute atomic E-state index is 0.00125. The quantitative estimate of drug-likeness (QED) is 0.111. The molecule has 7 aliphatic rings. The van der Waals surface area contributed by atoms with Gasteiger partial charge in [0.2, 0.25) is 0 Å². The van der Waals surface area contributed by atoms with Gasteiger partial charge in [-0.3, -0.25) is 0 Å². The average molecular weight is 950 g/mol. The summed E-state index contributed by atoms with van der Waals surface area (Å²) >= 11 is 0. The first-order valence-electron chi connectivity index (χ1n) is 27.3. The number of benzene rings is 6. The summed E-state index contributed by atoms with van der Waals surface area (Å²) in [6.07, 6.45) is 18.3. The van der Waals surface area contributed by atoms with Gasteiger partial charge in [0.15, 0.2) is 0 Å². The number of fused-ring (bicyclic) bond motifs is 10. The van der Waals surface area contributed by atoms with Crippen LogP contribution in [-0.4, -0.2) is 36.1 Å². The summed E-state index contributed by atoms with van der Waals surface area (Å²) in [5.74, 6) is 1.24. The molecule has 1 saturated heterocycles. The molecule has 0 spiro atoms. The Bertz CT molecular complexity index is 3290. The predicted octanol–water partition coefficient (Wildman–Crippen LogP) is 15.8. The van der Waals surface area contributed by atoms with Gasteiger partial charge in [0.25, 0.3) is 6.71 Å². The summed E-state index contributed by atoms with van der Waals surface area (Å²) in [6.45, 7) is 18.0. The number of nitrogens with zero attached hydrogens (tertiary/aromatic N) is 3. The van der Waals surface area contributed by atoms with Crippen LogP contribution in [0.3, 0.4) is 0 Å². The van der Waals surface area contributed by atoms with Crippen molar-refractivity contribution in [1.82, 2.24) is 0 Å². The Labute approximate surface area is 427 Å². The molecule has 71 heavy (non-hydrogen) atoms. The second-order valence-corrected chi connectivity index (χ2v) is 28.2. The van der Waals surface area contributed by atoms with E-state index in [2.05, 4.69) is 215 Å². The summed E-state index contributed by atoms with van der Waals surface area (Å²) < 4.78 is 0. The van der Waals surface area contributed by atoms with Gasteiger partial charge in [0.05, 0.1) is 11.2 Å². The molecule has 6 aromatic carbocycles. The molecule has 3 nitrogen and oxygen atoms in total. The van der Waals surface area contributed by atoms with E-state index in [0.717, 1.165) is 12.8 Å². The average Bonchev–Trinajstić information content (AvgIpc) is 3.70. The van der Waals surface area contributed by atoms with Crippen LogP contribution in [0.2, 0.25) is 0 Å². The van der Waals surface area contributed by atoms with Gasteiger partial charge < -0.3 is 14.7 Å². The molecule has 5 unspecified atom stereocenters. The summed E-state index contributed by atoms with van der Waals surface area (Å²) in [5.41, 5.74) is 29.5. The van der Waals surface area contributed by atoms with Crippen molar-refractivity contribution in [3.63, 3.8) is 0 Å². The highest BCUT2D eigenvalue weighted by Gasteiger charge is 2.69. The first-order chi connectivity index (χ1) is 34.2. The first kappa shape index (κ1) is 45.3. The molecule has 0 amide bonds. The lowest BCUT2D eigenvalue weighted by atomic mass is 9.33. The fraction of sp³-hybridized carbons (Fsp3) is 0.394. The van der Waals surface area contributed by atoms with Crippen molar-refractivity contribution in [2.24, 2.45) is 10.8 Å². The number of anilines is 6. The standard InChI is InChI=1S/C66H72BN3S/c1-10-38-71(8,9)52-42-53-61-55(43-52)67-54-39-49(47-24-16-13-17-25-47)29-32-56(54)68(50-30-27-48(28-31-50)46-22-14-12-15-23-46)57-40-51(41-58(60(57)67)70(61)65(6)36-20-18-34-62(53,65)3)69-59-33-26-45(11-2)44-63(59,4)64(5)35-19-21-37-66(64,69)7/h12-17,22-25,27-32,39-43H,10-11,18-21,34-38,44H2,1-9H3. The van der Waals surface area contributed by atoms with Crippen molar-refractivity contribution in [3.05, 3.63) is 156 Å². The van der Waals surface area contributed by atoms with E-state index in [9.17, 15) is 0 Å². The third-order valence-corrected chi connectivity index (χ3v) is 23.5. The zero-order valence-electron chi connectivity index (χ0n) is 43.9. The highest BCUT2D eigenvalue weighted by molar-refractivity contribution is 8.32. The van der Waals surface area contributed by atoms with E-state index in [1.807, 2.05) is 0 Å². The van der Waals surface area contributed by atoms with Crippen LogP contribution in [0.4, 0.5) is 34.1 Å². The van der Waals surface area contributed by atoms with Crippen molar-refractivity contribution in [2.75, 3.05) is 33.0 Å². The number of rotatable bonds is 8. The van der Waals surface area contributed by atoms with Crippen LogP contribution in [0.1, 0.15) is 125 Å². The molecule has 6 aromatic rings. The van der Waals surface area contributed by atoms with E-state index < -0.39 is 10.0 Å². The predicted molar refractivity (Wildman–Crippen MR) is 307 cm³/mol. The van der Waals surface area contributed by atoms with Gasteiger partial charge >= 0.3 is 0 Å². The smallest absolute Gasteiger partial charge is 0.252 e. The fourth-order valence-corrected chi connectivity index (χ4v) is 18.2. The molecule has 0 radical (unpaired) electrons. The molecule has 4 aliphatic heterocycles. The Morgan fingerprint density at radius 3 is 1.90 bits per heavy atom. The van der Waals surface area contributed by atoms with E-state index >= 15 is 0 Å². The molecule has 2 saturated carbocycles. The van der Waals surface area contributed by atoms with Crippen molar-refractivity contribution >= 4 is 67.3 Å². The largest absolute Gasteiger partial charge is 0.335 e. The number of allylic oxidation sites excluding steroid dienone is 2. The number of hydrogen-bond donors (Lipinski definition) is 0. The van der Waals surface area contributed by atoms with E-state index in [1.165, 1.54) is 148 Å². The van der Waals surface area contributed by atoms with Gasteiger partial charge in [-0.05, 0) is 174 Å². The third kappa shape index (κ3) is 6.01. The molecule has 4 heterocycles. The van der Waals surface area contributed by atoms with Gasteiger partial charge in [-0.2, -0.15) is 0 Å². The van der Waals surface area contributed by atoms with Crippen LogP contribution < -0.4 is 31.1 Å². The summed E-state index contributed by atoms with van der Waals surface area (Å²) in [7, 11) is -1.07. The second kappa shape index (κ2) is 15.7.